The van der Waals surface area contributed by atoms with E-state index in [0.29, 0.717) is 24.7 Å². The number of nitrogens with zero attached hydrogens (tertiary/aromatic N) is 6. The molecule has 4 rings (SSSR count). The van der Waals surface area contributed by atoms with Crippen LogP contribution in [-0.4, -0.2) is 56.2 Å². The van der Waals surface area contributed by atoms with Crippen LogP contribution in [0.2, 0.25) is 5.02 Å². The Morgan fingerprint density at radius 1 is 1.27 bits per heavy atom. The lowest BCUT2D eigenvalue weighted by molar-refractivity contribution is 0.0693. The zero-order valence-corrected chi connectivity index (χ0v) is 15.7. The van der Waals surface area contributed by atoms with Crippen LogP contribution in [0.25, 0.3) is 0 Å². The van der Waals surface area contributed by atoms with Crippen molar-refractivity contribution in [2.45, 2.75) is 39.4 Å². The molecule has 0 aliphatic carbocycles. The van der Waals surface area contributed by atoms with Gasteiger partial charge in [-0.3, -0.25) is 9.48 Å². The number of anilines is 1. The second-order valence-corrected chi connectivity index (χ2v) is 7.37. The highest BCUT2D eigenvalue weighted by atomic mass is 35.5. The van der Waals surface area contributed by atoms with E-state index in [0.717, 1.165) is 42.3 Å². The van der Waals surface area contributed by atoms with E-state index in [4.69, 9.17) is 17.3 Å². The SMILES string of the molecule is Cc1nc(C(=O)N2CCn3ncc(Cl)c3C2)nc(N2CC[C@@H](N)C2)c1C. The van der Waals surface area contributed by atoms with Crippen LogP contribution >= 0.6 is 11.6 Å². The van der Waals surface area contributed by atoms with Crippen LogP contribution in [-0.2, 0) is 13.1 Å². The summed E-state index contributed by atoms with van der Waals surface area (Å²) in [5, 5.41) is 4.80. The predicted octanol–water partition coefficient (Wildman–Crippen LogP) is 1.14. The van der Waals surface area contributed by atoms with Crippen molar-refractivity contribution in [1.29, 1.82) is 0 Å². The number of rotatable bonds is 2. The summed E-state index contributed by atoms with van der Waals surface area (Å²) in [6.45, 7) is 7.10. The van der Waals surface area contributed by atoms with Gasteiger partial charge in [0.1, 0.15) is 5.82 Å². The molecule has 2 aromatic heterocycles. The largest absolute Gasteiger partial charge is 0.355 e. The highest BCUT2D eigenvalue weighted by Crippen LogP contribution is 2.25. The molecule has 26 heavy (non-hydrogen) atoms. The number of nitrogens with two attached hydrogens (primary N) is 1. The lowest BCUT2D eigenvalue weighted by Gasteiger charge is -2.28. The van der Waals surface area contributed by atoms with Crippen LogP contribution in [0.5, 0.6) is 0 Å². The maximum Gasteiger partial charge on any atom is 0.292 e. The quantitative estimate of drug-likeness (QED) is 0.846. The van der Waals surface area contributed by atoms with Gasteiger partial charge in [0.25, 0.3) is 5.91 Å². The van der Waals surface area contributed by atoms with Crippen molar-refractivity contribution < 1.29 is 4.79 Å². The molecule has 0 spiro atoms. The molecule has 2 aromatic rings. The Bertz CT molecular complexity index is 865. The van der Waals surface area contributed by atoms with Gasteiger partial charge < -0.3 is 15.5 Å². The summed E-state index contributed by atoms with van der Waals surface area (Å²) in [6, 6.07) is 0.147. The van der Waals surface area contributed by atoms with E-state index in [9.17, 15) is 4.79 Å². The van der Waals surface area contributed by atoms with Gasteiger partial charge in [-0.15, -0.1) is 0 Å². The van der Waals surface area contributed by atoms with Gasteiger partial charge in [-0.05, 0) is 20.3 Å². The maximum absolute atomic E-state index is 13.0. The van der Waals surface area contributed by atoms with Crippen molar-refractivity contribution in [3.05, 3.63) is 34.0 Å². The van der Waals surface area contributed by atoms with Crippen molar-refractivity contribution in [2.24, 2.45) is 5.73 Å². The van der Waals surface area contributed by atoms with Gasteiger partial charge >= 0.3 is 0 Å². The molecule has 0 bridgehead atoms. The third-order valence-electron chi connectivity index (χ3n) is 5.19. The zero-order chi connectivity index (χ0) is 18.4. The first-order valence-electron chi connectivity index (χ1n) is 8.79. The fraction of sp³-hybridized carbons (Fsp3) is 0.529. The average molecular weight is 376 g/mol. The number of hydrogen-bond acceptors (Lipinski definition) is 6. The molecule has 2 N–H and O–H groups in total. The number of aromatic nitrogens is 4. The Labute approximate surface area is 156 Å². The van der Waals surface area contributed by atoms with Gasteiger partial charge in [0.15, 0.2) is 0 Å². The van der Waals surface area contributed by atoms with Gasteiger partial charge in [-0.2, -0.15) is 5.10 Å². The molecule has 0 saturated carbocycles. The molecule has 0 radical (unpaired) electrons. The number of halogens is 1. The average Bonchev–Trinajstić information content (AvgIpc) is 3.22. The van der Waals surface area contributed by atoms with E-state index in [1.807, 2.05) is 18.5 Å². The molecule has 4 heterocycles. The van der Waals surface area contributed by atoms with E-state index >= 15 is 0 Å². The highest BCUT2D eigenvalue weighted by molar-refractivity contribution is 6.31. The number of hydrogen-bond donors (Lipinski definition) is 1. The minimum absolute atomic E-state index is 0.147. The first kappa shape index (κ1) is 17.2. The topological polar surface area (TPSA) is 93.2 Å². The Hall–Kier alpha value is -2.19. The van der Waals surface area contributed by atoms with Crippen molar-refractivity contribution in [2.75, 3.05) is 24.5 Å². The Balaban J connectivity index is 1.62. The molecule has 2 aliphatic rings. The molecule has 2 aliphatic heterocycles. The number of carbonyl (C=O) groups is 1. The number of carbonyl (C=O) groups excluding carboxylic acids is 1. The minimum Gasteiger partial charge on any atom is -0.355 e. The van der Waals surface area contributed by atoms with Gasteiger partial charge in [0, 0.05) is 36.9 Å². The number of fused-ring (bicyclic) bond motifs is 1. The first-order valence-corrected chi connectivity index (χ1v) is 9.17. The van der Waals surface area contributed by atoms with Crippen molar-refractivity contribution in [3.8, 4) is 0 Å². The van der Waals surface area contributed by atoms with Crippen LogP contribution in [0.3, 0.4) is 0 Å². The summed E-state index contributed by atoms with van der Waals surface area (Å²) >= 11 is 6.17. The van der Waals surface area contributed by atoms with Crippen LogP contribution in [0.15, 0.2) is 6.20 Å². The molecule has 9 heteroatoms. The summed E-state index contributed by atoms with van der Waals surface area (Å²) in [5.41, 5.74) is 8.70. The first-order chi connectivity index (χ1) is 12.4. The minimum atomic E-state index is -0.179. The normalized spacial score (nSPS) is 19.8. The van der Waals surface area contributed by atoms with Gasteiger partial charge in [0.2, 0.25) is 5.82 Å². The van der Waals surface area contributed by atoms with Crippen LogP contribution < -0.4 is 10.6 Å². The fourth-order valence-corrected chi connectivity index (χ4v) is 3.73. The highest BCUT2D eigenvalue weighted by Gasteiger charge is 2.28. The summed E-state index contributed by atoms with van der Waals surface area (Å²) < 4.78 is 1.84. The molecule has 138 valence electrons. The molecule has 1 amide bonds. The van der Waals surface area contributed by atoms with Crippen molar-refractivity contribution in [3.63, 3.8) is 0 Å². The molecule has 1 atom stereocenters. The fourth-order valence-electron chi connectivity index (χ4n) is 3.52. The van der Waals surface area contributed by atoms with E-state index in [1.165, 1.54) is 0 Å². The molecule has 0 unspecified atom stereocenters. The molecule has 1 saturated heterocycles. The monoisotopic (exact) mass is 375 g/mol. The Morgan fingerprint density at radius 2 is 2.08 bits per heavy atom. The number of amides is 1. The van der Waals surface area contributed by atoms with Crippen molar-refractivity contribution >= 4 is 23.3 Å². The molecule has 0 aromatic carbocycles. The van der Waals surface area contributed by atoms with E-state index < -0.39 is 0 Å². The van der Waals surface area contributed by atoms with E-state index in [2.05, 4.69) is 20.0 Å². The van der Waals surface area contributed by atoms with E-state index in [1.54, 1.807) is 11.1 Å². The summed E-state index contributed by atoms with van der Waals surface area (Å²) in [7, 11) is 0. The molecular weight excluding hydrogens is 354 g/mol. The van der Waals surface area contributed by atoms with Gasteiger partial charge in [-0.25, -0.2) is 9.97 Å². The lowest BCUT2D eigenvalue weighted by Crippen LogP contribution is -2.39. The summed E-state index contributed by atoms with van der Waals surface area (Å²) in [6.07, 6.45) is 2.55. The standard InChI is InChI=1S/C17H22ClN7O/c1-10-11(2)21-15(22-16(10)23-4-3-12(19)8-23)17(26)24-5-6-25-14(9-24)13(18)7-20-25/h7,12H,3-6,8-9,19H2,1-2H3/t12-/m1/s1. The predicted molar refractivity (Wildman–Crippen MR) is 98.3 cm³/mol. The third kappa shape index (κ3) is 2.93. The third-order valence-corrected chi connectivity index (χ3v) is 5.50. The summed E-state index contributed by atoms with van der Waals surface area (Å²) in [4.78, 5) is 26.0. The molecule has 1 fully saturated rings. The second-order valence-electron chi connectivity index (χ2n) is 6.97. The van der Waals surface area contributed by atoms with Gasteiger partial charge in [-0.1, -0.05) is 11.6 Å². The zero-order valence-electron chi connectivity index (χ0n) is 14.9. The van der Waals surface area contributed by atoms with Gasteiger partial charge in [0.05, 0.1) is 30.0 Å². The second kappa shape index (κ2) is 6.51. The van der Waals surface area contributed by atoms with Crippen LogP contribution in [0.1, 0.15) is 34.0 Å². The van der Waals surface area contributed by atoms with Crippen LogP contribution in [0, 0.1) is 13.8 Å². The smallest absolute Gasteiger partial charge is 0.292 e. The Morgan fingerprint density at radius 3 is 2.81 bits per heavy atom. The van der Waals surface area contributed by atoms with E-state index in [-0.39, 0.29) is 17.8 Å². The Kier molecular flexibility index (Phi) is 4.32. The van der Waals surface area contributed by atoms with Crippen LogP contribution in [0.4, 0.5) is 5.82 Å². The number of aryl methyl sites for hydroxylation is 1. The lowest BCUT2D eigenvalue weighted by atomic mass is 10.2. The molecule has 8 nitrogen and oxygen atoms in total. The molecular formula is C17H22ClN7O. The maximum atomic E-state index is 13.0. The van der Waals surface area contributed by atoms with Crippen molar-refractivity contribution in [1.82, 2.24) is 24.6 Å². The summed E-state index contributed by atoms with van der Waals surface area (Å²) in [5.74, 6) is 0.864.